The summed E-state index contributed by atoms with van der Waals surface area (Å²) in [4.78, 5) is 8.79. The maximum atomic E-state index is 10.4. The molecule has 1 saturated heterocycles. The van der Waals surface area contributed by atoms with E-state index in [0.29, 0.717) is 13.2 Å². The highest BCUT2D eigenvalue weighted by atomic mass is 16.5. The fourth-order valence-corrected chi connectivity index (χ4v) is 3.77. The standard InChI is InChI=1S/C23H33N3O2/c1-25(17-21-9-7-11-24-15-21)16-20-8-6-10-23(14-20)28-19-22(27)18-26-12-4-2-3-5-13-26/h6-11,14-15,22,27H,2-5,12-13,16-19H2,1H3/t22-/m1/s1. The number of ether oxygens (including phenoxy) is 1. The number of hydrogen-bond acceptors (Lipinski definition) is 5. The van der Waals surface area contributed by atoms with Gasteiger partial charge in [-0.05, 0) is 62.3 Å². The normalized spacial score (nSPS) is 16.7. The highest BCUT2D eigenvalue weighted by Gasteiger charge is 2.14. The molecule has 2 heterocycles. The van der Waals surface area contributed by atoms with Gasteiger partial charge < -0.3 is 14.7 Å². The van der Waals surface area contributed by atoms with Crippen LogP contribution in [0.3, 0.4) is 0 Å². The first-order chi connectivity index (χ1) is 13.7. The van der Waals surface area contributed by atoms with Crippen molar-refractivity contribution in [2.24, 2.45) is 0 Å². The molecule has 0 saturated carbocycles. The van der Waals surface area contributed by atoms with E-state index in [0.717, 1.165) is 31.9 Å². The number of rotatable bonds is 9. The van der Waals surface area contributed by atoms with Crippen LogP contribution in [0.1, 0.15) is 36.8 Å². The number of aliphatic hydroxyl groups is 1. The monoisotopic (exact) mass is 383 g/mol. The van der Waals surface area contributed by atoms with Gasteiger partial charge in [-0.25, -0.2) is 0 Å². The largest absolute Gasteiger partial charge is 0.491 e. The van der Waals surface area contributed by atoms with E-state index in [9.17, 15) is 5.11 Å². The lowest BCUT2D eigenvalue weighted by molar-refractivity contribution is 0.0693. The summed E-state index contributed by atoms with van der Waals surface area (Å²) in [6.07, 6.45) is 8.35. The second kappa shape index (κ2) is 11.1. The predicted octanol–water partition coefficient (Wildman–Crippen LogP) is 3.33. The molecule has 1 aliphatic heterocycles. The van der Waals surface area contributed by atoms with Crippen LogP contribution in [0.4, 0.5) is 0 Å². The number of likely N-dealkylation sites (tertiary alicyclic amines) is 1. The lowest BCUT2D eigenvalue weighted by Gasteiger charge is -2.23. The van der Waals surface area contributed by atoms with Crippen molar-refractivity contribution in [3.05, 3.63) is 59.9 Å². The summed E-state index contributed by atoms with van der Waals surface area (Å²) in [5.41, 5.74) is 2.40. The fraction of sp³-hybridized carbons (Fsp3) is 0.522. The highest BCUT2D eigenvalue weighted by molar-refractivity contribution is 5.28. The zero-order valence-corrected chi connectivity index (χ0v) is 17.0. The van der Waals surface area contributed by atoms with Gasteiger partial charge in [-0.15, -0.1) is 0 Å². The summed E-state index contributed by atoms with van der Waals surface area (Å²) in [7, 11) is 2.10. The second-order valence-corrected chi connectivity index (χ2v) is 7.86. The van der Waals surface area contributed by atoms with Gasteiger partial charge in [-0.2, -0.15) is 0 Å². The molecule has 1 aromatic carbocycles. The molecule has 5 heteroatoms. The Morgan fingerprint density at radius 3 is 2.57 bits per heavy atom. The summed E-state index contributed by atoms with van der Waals surface area (Å²) in [6, 6.07) is 12.2. The Bertz CT molecular complexity index is 687. The molecule has 1 atom stereocenters. The van der Waals surface area contributed by atoms with Crippen molar-refractivity contribution < 1.29 is 9.84 Å². The quantitative estimate of drug-likeness (QED) is 0.720. The number of benzene rings is 1. The Morgan fingerprint density at radius 1 is 1.07 bits per heavy atom. The molecule has 1 N–H and O–H groups in total. The Labute approximate surface area is 169 Å². The lowest BCUT2D eigenvalue weighted by Crippen LogP contribution is -2.36. The van der Waals surface area contributed by atoms with Gasteiger partial charge in [0.2, 0.25) is 0 Å². The number of aromatic nitrogens is 1. The van der Waals surface area contributed by atoms with Gasteiger partial charge in [0.15, 0.2) is 0 Å². The summed E-state index contributed by atoms with van der Waals surface area (Å²) >= 11 is 0. The minimum Gasteiger partial charge on any atom is -0.491 e. The molecule has 2 aromatic rings. The first kappa shape index (κ1) is 20.8. The van der Waals surface area contributed by atoms with Crippen molar-refractivity contribution >= 4 is 0 Å². The van der Waals surface area contributed by atoms with Crippen LogP contribution in [0.25, 0.3) is 0 Å². The van der Waals surface area contributed by atoms with Gasteiger partial charge in [-0.3, -0.25) is 9.88 Å². The third-order valence-corrected chi connectivity index (χ3v) is 5.14. The Hall–Kier alpha value is -1.95. The van der Waals surface area contributed by atoms with E-state index in [1.165, 1.54) is 36.8 Å². The van der Waals surface area contributed by atoms with Crippen LogP contribution in [0.15, 0.2) is 48.8 Å². The first-order valence-electron chi connectivity index (χ1n) is 10.4. The van der Waals surface area contributed by atoms with E-state index in [1.807, 2.05) is 24.4 Å². The van der Waals surface area contributed by atoms with Crippen LogP contribution < -0.4 is 4.74 Å². The second-order valence-electron chi connectivity index (χ2n) is 7.86. The number of pyridine rings is 1. The SMILES string of the molecule is CN(Cc1cccnc1)Cc1cccc(OC[C@H](O)CN2CCCCCC2)c1. The third-order valence-electron chi connectivity index (χ3n) is 5.14. The van der Waals surface area contributed by atoms with Crippen molar-refractivity contribution in [3.63, 3.8) is 0 Å². The Balaban J connectivity index is 1.44. The number of aliphatic hydroxyl groups excluding tert-OH is 1. The van der Waals surface area contributed by atoms with Gasteiger partial charge >= 0.3 is 0 Å². The summed E-state index contributed by atoms with van der Waals surface area (Å²) < 4.78 is 5.88. The molecule has 0 spiro atoms. The molecule has 1 aliphatic rings. The molecule has 152 valence electrons. The van der Waals surface area contributed by atoms with Gasteiger partial charge in [0.05, 0.1) is 0 Å². The number of hydrogen-bond donors (Lipinski definition) is 1. The van der Waals surface area contributed by atoms with Crippen LogP contribution in [-0.4, -0.2) is 59.3 Å². The lowest BCUT2D eigenvalue weighted by atomic mass is 10.2. The van der Waals surface area contributed by atoms with E-state index in [-0.39, 0.29) is 0 Å². The van der Waals surface area contributed by atoms with Gasteiger partial charge in [0, 0.05) is 32.0 Å². The molecule has 1 fully saturated rings. The number of nitrogens with zero attached hydrogens (tertiary/aromatic N) is 3. The van der Waals surface area contributed by atoms with Gasteiger partial charge in [0.25, 0.3) is 0 Å². The van der Waals surface area contributed by atoms with Crippen LogP contribution >= 0.6 is 0 Å². The molecule has 28 heavy (non-hydrogen) atoms. The van der Waals surface area contributed by atoms with Crippen molar-refractivity contribution in [1.29, 1.82) is 0 Å². The topological polar surface area (TPSA) is 48.8 Å². The summed E-state index contributed by atoms with van der Waals surface area (Å²) in [6.45, 7) is 4.92. The van der Waals surface area contributed by atoms with Crippen LogP contribution in [0.5, 0.6) is 5.75 Å². The van der Waals surface area contributed by atoms with Crippen molar-refractivity contribution in [1.82, 2.24) is 14.8 Å². The maximum Gasteiger partial charge on any atom is 0.119 e. The van der Waals surface area contributed by atoms with E-state index in [2.05, 4.69) is 40.0 Å². The highest BCUT2D eigenvalue weighted by Crippen LogP contribution is 2.16. The van der Waals surface area contributed by atoms with Crippen LogP contribution in [0.2, 0.25) is 0 Å². The molecule has 0 amide bonds. The van der Waals surface area contributed by atoms with E-state index in [1.54, 1.807) is 6.20 Å². The predicted molar refractivity (Wildman–Crippen MR) is 112 cm³/mol. The average molecular weight is 384 g/mol. The minimum absolute atomic E-state index is 0.339. The van der Waals surface area contributed by atoms with E-state index < -0.39 is 6.10 Å². The zero-order valence-electron chi connectivity index (χ0n) is 17.0. The molecular formula is C23H33N3O2. The summed E-state index contributed by atoms with van der Waals surface area (Å²) in [5, 5.41) is 10.4. The molecule has 5 nitrogen and oxygen atoms in total. The van der Waals surface area contributed by atoms with Crippen LogP contribution in [0, 0.1) is 0 Å². The fourth-order valence-electron chi connectivity index (χ4n) is 3.77. The van der Waals surface area contributed by atoms with Gasteiger partial charge in [0.1, 0.15) is 18.5 Å². The third kappa shape index (κ3) is 7.23. The molecule has 0 unspecified atom stereocenters. The van der Waals surface area contributed by atoms with Crippen molar-refractivity contribution in [3.8, 4) is 5.75 Å². The smallest absolute Gasteiger partial charge is 0.119 e. The minimum atomic E-state index is -0.449. The molecule has 3 rings (SSSR count). The van der Waals surface area contributed by atoms with Crippen molar-refractivity contribution in [2.75, 3.05) is 33.3 Å². The van der Waals surface area contributed by atoms with E-state index >= 15 is 0 Å². The van der Waals surface area contributed by atoms with Crippen molar-refractivity contribution in [2.45, 2.75) is 44.9 Å². The van der Waals surface area contributed by atoms with Crippen LogP contribution in [-0.2, 0) is 13.1 Å². The zero-order chi connectivity index (χ0) is 19.6. The van der Waals surface area contributed by atoms with E-state index in [4.69, 9.17) is 4.74 Å². The Morgan fingerprint density at radius 2 is 1.82 bits per heavy atom. The molecule has 0 bridgehead atoms. The molecule has 0 aliphatic carbocycles. The molecular weight excluding hydrogens is 350 g/mol. The summed E-state index contributed by atoms with van der Waals surface area (Å²) in [5.74, 6) is 0.821. The molecule has 1 aromatic heterocycles. The first-order valence-corrected chi connectivity index (χ1v) is 10.4. The number of β-amino-alcohol motifs (C(OH)–C–C–N with tert-alkyl or cyclic N) is 1. The van der Waals surface area contributed by atoms with Gasteiger partial charge in [-0.1, -0.05) is 31.0 Å². The average Bonchev–Trinajstić information content (AvgIpc) is 2.96. The maximum absolute atomic E-state index is 10.4. The molecule has 0 radical (unpaired) electrons. The Kier molecular flexibility index (Phi) is 8.27.